The zero-order valence-electron chi connectivity index (χ0n) is 21.7. The number of benzene rings is 2. The van der Waals surface area contributed by atoms with Crippen LogP contribution in [0.15, 0.2) is 66.9 Å². The maximum absolute atomic E-state index is 13.6. The molecule has 1 fully saturated rings. The number of aromatic nitrogens is 4. The van der Waals surface area contributed by atoms with Gasteiger partial charge in [-0.1, -0.05) is 36.4 Å². The Kier molecular flexibility index (Phi) is 7.08. The first kappa shape index (κ1) is 25.6. The summed E-state index contributed by atoms with van der Waals surface area (Å²) in [7, 11) is 0. The highest BCUT2D eigenvalue weighted by Crippen LogP contribution is 2.31. The Morgan fingerprint density at radius 1 is 0.872 bits per heavy atom. The van der Waals surface area contributed by atoms with Crippen molar-refractivity contribution in [2.45, 2.75) is 57.3 Å². The molecule has 202 valence electrons. The fraction of sp³-hybridized carbons (Fsp3) is 0.367. The molecule has 0 spiro atoms. The minimum Gasteiger partial charge on any atom is -0.324 e. The van der Waals surface area contributed by atoms with Gasteiger partial charge in [-0.05, 0) is 98.1 Å². The normalized spacial score (nSPS) is 18.1. The number of fused-ring (bicyclic) bond motifs is 1. The standard InChI is InChI=1S/C30H31F3N6/c31-30(32,33)28-36-29(39(37-28)20-26-19-24(14-15-34-26)21-6-2-1-3-7-21)35-25-11-8-22-9-12-27(13-10-23(22)18-25)38-16-4-5-17-38/h1-3,6-8,11,14-15,18-19,27H,4-5,9-10,12-13,16-17,20H2,(H,35,36,37). The summed E-state index contributed by atoms with van der Waals surface area (Å²) in [6.07, 6.45) is 3.81. The maximum Gasteiger partial charge on any atom is 0.453 e. The third-order valence-electron chi connectivity index (χ3n) is 7.77. The molecule has 0 saturated carbocycles. The van der Waals surface area contributed by atoms with Crippen molar-refractivity contribution in [2.75, 3.05) is 18.4 Å². The van der Waals surface area contributed by atoms with Crippen LogP contribution in [0.4, 0.5) is 24.8 Å². The number of aryl methyl sites for hydroxylation is 2. The number of anilines is 2. The summed E-state index contributed by atoms with van der Waals surface area (Å²) in [6, 6.07) is 20.2. The first-order valence-electron chi connectivity index (χ1n) is 13.6. The van der Waals surface area contributed by atoms with Crippen molar-refractivity contribution in [1.82, 2.24) is 24.6 Å². The van der Waals surface area contributed by atoms with E-state index in [4.69, 9.17) is 0 Å². The first-order chi connectivity index (χ1) is 18.9. The topological polar surface area (TPSA) is 58.9 Å². The number of likely N-dealkylation sites (tertiary alicyclic amines) is 1. The van der Waals surface area contributed by atoms with E-state index in [1.807, 2.05) is 48.5 Å². The Morgan fingerprint density at radius 2 is 1.64 bits per heavy atom. The lowest BCUT2D eigenvalue weighted by Gasteiger charge is -2.25. The van der Waals surface area contributed by atoms with Crippen molar-refractivity contribution in [1.29, 1.82) is 0 Å². The van der Waals surface area contributed by atoms with Crippen molar-refractivity contribution in [2.24, 2.45) is 0 Å². The number of halogens is 3. The van der Waals surface area contributed by atoms with Crippen LogP contribution in [-0.4, -0.2) is 43.8 Å². The number of nitrogens with one attached hydrogen (secondary N) is 1. The molecule has 1 aliphatic heterocycles. The fourth-order valence-corrected chi connectivity index (χ4v) is 5.76. The van der Waals surface area contributed by atoms with Crippen molar-refractivity contribution >= 4 is 11.6 Å². The molecule has 0 radical (unpaired) electrons. The Labute approximate surface area is 225 Å². The van der Waals surface area contributed by atoms with Gasteiger partial charge in [0.15, 0.2) is 0 Å². The molecule has 0 amide bonds. The van der Waals surface area contributed by atoms with Crippen LogP contribution in [0.2, 0.25) is 0 Å². The molecule has 2 aromatic heterocycles. The van der Waals surface area contributed by atoms with E-state index >= 15 is 0 Å². The molecule has 3 heterocycles. The molecule has 39 heavy (non-hydrogen) atoms. The number of nitrogens with zero attached hydrogens (tertiary/aromatic N) is 5. The van der Waals surface area contributed by atoms with Gasteiger partial charge >= 0.3 is 6.18 Å². The van der Waals surface area contributed by atoms with Crippen molar-refractivity contribution in [3.8, 4) is 11.1 Å². The maximum atomic E-state index is 13.6. The molecular formula is C30H31F3N6. The zero-order chi connectivity index (χ0) is 26.8. The van der Waals surface area contributed by atoms with Gasteiger partial charge in [0.25, 0.3) is 5.82 Å². The van der Waals surface area contributed by atoms with Crippen LogP contribution in [-0.2, 0) is 25.6 Å². The average molecular weight is 533 g/mol. The molecule has 9 heteroatoms. The minimum atomic E-state index is -4.65. The minimum absolute atomic E-state index is 0.0396. The van der Waals surface area contributed by atoms with Crippen LogP contribution in [0.25, 0.3) is 11.1 Å². The van der Waals surface area contributed by atoms with Gasteiger partial charge in [0, 0.05) is 17.9 Å². The van der Waals surface area contributed by atoms with Crippen LogP contribution >= 0.6 is 0 Å². The second kappa shape index (κ2) is 10.8. The van der Waals surface area contributed by atoms with E-state index < -0.39 is 12.0 Å². The van der Waals surface area contributed by atoms with E-state index in [0.29, 0.717) is 17.4 Å². The van der Waals surface area contributed by atoms with Crippen molar-refractivity contribution in [3.63, 3.8) is 0 Å². The molecule has 2 aromatic carbocycles. The molecule has 1 aliphatic carbocycles. The average Bonchev–Trinajstić information content (AvgIpc) is 3.56. The zero-order valence-corrected chi connectivity index (χ0v) is 21.7. The third kappa shape index (κ3) is 5.83. The van der Waals surface area contributed by atoms with E-state index in [0.717, 1.165) is 36.8 Å². The van der Waals surface area contributed by atoms with Crippen LogP contribution in [0, 0.1) is 0 Å². The number of hydrogen-bond acceptors (Lipinski definition) is 5. The smallest absolute Gasteiger partial charge is 0.324 e. The monoisotopic (exact) mass is 532 g/mol. The van der Waals surface area contributed by atoms with Gasteiger partial charge in [0.1, 0.15) is 0 Å². The number of rotatable bonds is 6. The first-order valence-corrected chi connectivity index (χ1v) is 13.6. The summed E-state index contributed by atoms with van der Waals surface area (Å²) >= 11 is 0. The summed E-state index contributed by atoms with van der Waals surface area (Å²) < 4.78 is 42.0. The largest absolute Gasteiger partial charge is 0.453 e. The van der Waals surface area contributed by atoms with Gasteiger partial charge in [-0.15, -0.1) is 5.10 Å². The highest BCUT2D eigenvalue weighted by atomic mass is 19.4. The Hall–Kier alpha value is -3.72. The van der Waals surface area contributed by atoms with E-state index in [-0.39, 0.29) is 12.5 Å². The molecule has 0 bridgehead atoms. The second-order valence-electron chi connectivity index (χ2n) is 10.4. The predicted octanol–water partition coefficient (Wildman–Crippen LogP) is 6.49. The van der Waals surface area contributed by atoms with Gasteiger partial charge < -0.3 is 10.2 Å². The number of hydrogen-bond donors (Lipinski definition) is 1. The summed E-state index contributed by atoms with van der Waals surface area (Å²) in [5.74, 6) is -1.13. The van der Waals surface area contributed by atoms with E-state index in [2.05, 4.69) is 37.4 Å². The SMILES string of the molecule is FC(F)(F)c1nc(Nc2ccc3c(c2)CCC(N2CCCC2)CC3)n(Cc2cc(-c3ccccc3)ccn2)n1. The fourth-order valence-electron chi connectivity index (χ4n) is 5.76. The predicted molar refractivity (Wildman–Crippen MR) is 145 cm³/mol. The van der Waals surface area contributed by atoms with Crippen LogP contribution in [0.5, 0.6) is 0 Å². The van der Waals surface area contributed by atoms with Crippen molar-refractivity contribution < 1.29 is 13.2 Å². The summed E-state index contributed by atoms with van der Waals surface area (Å²) in [4.78, 5) is 10.8. The molecular weight excluding hydrogens is 501 g/mol. The Morgan fingerprint density at radius 3 is 2.41 bits per heavy atom. The molecule has 1 saturated heterocycles. The van der Waals surface area contributed by atoms with Gasteiger partial charge in [0.05, 0.1) is 12.2 Å². The van der Waals surface area contributed by atoms with Crippen LogP contribution in [0.3, 0.4) is 0 Å². The molecule has 6 nitrogen and oxygen atoms in total. The van der Waals surface area contributed by atoms with Gasteiger partial charge in [-0.2, -0.15) is 18.2 Å². The molecule has 1 unspecified atom stereocenters. The summed E-state index contributed by atoms with van der Waals surface area (Å²) in [5, 5.41) is 6.92. The van der Waals surface area contributed by atoms with Gasteiger partial charge in [0.2, 0.25) is 5.95 Å². The van der Waals surface area contributed by atoms with Crippen LogP contribution < -0.4 is 5.32 Å². The highest BCUT2D eigenvalue weighted by molar-refractivity contribution is 5.63. The summed E-state index contributed by atoms with van der Waals surface area (Å²) in [5.41, 5.74) is 5.81. The molecule has 1 N–H and O–H groups in total. The van der Waals surface area contributed by atoms with Crippen molar-refractivity contribution in [3.05, 3.63) is 89.5 Å². The molecule has 2 aliphatic rings. The van der Waals surface area contributed by atoms with Crippen LogP contribution in [0.1, 0.15) is 48.3 Å². The number of pyridine rings is 1. The lowest BCUT2D eigenvalue weighted by atomic mass is 10.0. The molecule has 6 rings (SSSR count). The lowest BCUT2D eigenvalue weighted by Crippen LogP contribution is -2.32. The quantitative estimate of drug-likeness (QED) is 0.288. The van der Waals surface area contributed by atoms with Gasteiger partial charge in [-0.3, -0.25) is 4.98 Å². The Bertz CT molecular complexity index is 1430. The number of alkyl halides is 3. The van der Waals surface area contributed by atoms with E-state index in [1.165, 1.54) is 41.7 Å². The molecule has 4 aromatic rings. The third-order valence-corrected chi connectivity index (χ3v) is 7.77. The van der Waals surface area contributed by atoms with E-state index in [1.54, 1.807) is 6.20 Å². The van der Waals surface area contributed by atoms with E-state index in [9.17, 15) is 13.2 Å². The van der Waals surface area contributed by atoms with Gasteiger partial charge in [-0.25, -0.2) is 4.68 Å². The highest BCUT2D eigenvalue weighted by Gasteiger charge is 2.37. The second-order valence-corrected chi connectivity index (χ2v) is 10.4. The summed E-state index contributed by atoms with van der Waals surface area (Å²) in [6.45, 7) is 2.43. The molecule has 1 atom stereocenters. The Balaban J connectivity index is 1.24. The lowest BCUT2D eigenvalue weighted by molar-refractivity contribution is -0.144.